The van der Waals surface area contributed by atoms with Gasteiger partial charge in [0.1, 0.15) is 12.4 Å². The molecule has 0 unspecified atom stereocenters. The number of hydrogen-bond donors (Lipinski definition) is 0. The summed E-state index contributed by atoms with van der Waals surface area (Å²) in [4.78, 5) is 16.3. The van der Waals surface area contributed by atoms with Crippen molar-refractivity contribution in [2.75, 3.05) is 13.1 Å². The number of carbonyl (C=O) groups excluding carboxylic acids is 1. The fourth-order valence-corrected chi connectivity index (χ4v) is 4.39. The van der Waals surface area contributed by atoms with E-state index in [0.29, 0.717) is 35.2 Å². The Kier molecular flexibility index (Phi) is 6.11. The van der Waals surface area contributed by atoms with Crippen molar-refractivity contribution in [3.05, 3.63) is 88.2 Å². The minimum absolute atomic E-state index is 0.0229. The number of piperidine rings is 1. The van der Waals surface area contributed by atoms with Gasteiger partial charge in [-0.3, -0.25) is 9.36 Å². The molecule has 2 aromatic carbocycles. The van der Waals surface area contributed by atoms with Crippen molar-refractivity contribution in [2.45, 2.75) is 25.3 Å². The first-order valence-electron chi connectivity index (χ1n) is 10.7. The normalized spacial score (nSPS) is 14.5. The molecular formula is C23H21Cl2N7O. The zero-order valence-corrected chi connectivity index (χ0v) is 19.2. The van der Waals surface area contributed by atoms with Crippen molar-refractivity contribution in [1.82, 2.24) is 34.7 Å². The van der Waals surface area contributed by atoms with Gasteiger partial charge >= 0.3 is 0 Å². The summed E-state index contributed by atoms with van der Waals surface area (Å²) in [6.45, 7) is 1.70. The lowest BCUT2D eigenvalue weighted by atomic mass is 9.95. The summed E-state index contributed by atoms with van der Waals surface area (Å²) < 4.78 is 2.06. The molecule has 0 saturated carbocycles. The molecule has 0 atom stereocenters. The number of halogens is 2. The third-order valence-electron chi connectivity index (χ3n) is 5.83. The van der Waals surface area contributed by atoms with Crippen LogP contribution in [0.4, 0.5) is 0 Å². The Labute approximate surface area is 200 Å². The van der Waals surface area contributed by atoms with Crippen LogP contribution < -0.4 is 0 Å². The van der Waals surface area contributed by atoms with E-state index in [0.717, 1.165) is 30.2 Å². The van der Waals surface area contributed by atoms with Gasteiger partial charge in [-0.05, 0) is 61.4 Å². The van der Waals surface area contributed by atoms with Gasteiger partial charge in [-0.1, -0.05) is 23.2 Å². The highest BCUT2D eigenvalue weighted by atomic mass is 35.5. The molecule has 5 rings (SSSR count). The van der Waals surface area contributed by atoms with Crippen LogP contribution in [0.15, 0.2) is 60.9 Å². The van der Waals surface area contributed by atoms with Gasteiger partial charge in [0, 0.05) is 40.3 Å². The van der Waals surface area contributed by atoms with Gasteiger partial charge in [-0.2, -0.15) is 15.0 Å². The second kappa shape index (κ2) is 9.33. The largest absolute Gasteiger partial charge is 0.339 e. The van der Waals surface area contributed by atoms with Gasteiger partial charge in [0.2, 0.25) is 0 Å². The number of amides is 1. The predicted molar refractivity (Wildman–Crippen MR) is 125 cm³/mol. The Balaban J connectivity index is 1.38. The van der Waals surface area contributed by atoms with Crippen LogP contribution in [0.1, 0.15) is 40.8 Å². The van der Waals surface area contributed by atoms with Crippen molar-refractivity contribution in [2.24, 2.45) is 0 Å². The van der Waals surface area contributed by atoms with Gasteiger partial charge in [0.25, 0.3) is 5.91 Å². The van der Waals surface area contributed by atoms with Gasteiger partial charge in [-0.15, -0.1) is 10.2 Å². The van der Waals surface area contributed by atoms with Crippen LogP contribution in [0.25, 0.3) is 5.69 Å². The lowest BCUT2D eigenvalue weighted by Crippen LogP contribution is -2.38. The Hall–Kier alpha value is -3.23. The summed E-state index contributed by atoms with van der Waals surface area (Å²) in [6, 6.07) is 14.6. The van der Waals surface area contributed by atoms with E-state index >= 15 is 0 Å². The lowest BCUT2D eigenvalue weighted by molar-refractivity contribution is 0.0710. The zero-order valence-electron chi connectivity index (χ0n) is 17.7. The Bertz CT molecular complexity index is 1230. The third-order valence-corrected chi connectivity index (χ3v) is 6.33. The summed E-state index contributed by atoms with van der Waals surface area (Å²) in [5.41, 5.74) is 1.58. The highest BCUT2D eigenvalue weighted by molar-refractivity contribution is 6.30. The number of likely N-dealkylation sites (tertiary alicyclic amines) is 1. The second-order valence-electron chi connectivity index (χ2n) is 7.92. The Morgan fingerprint density at radius 2 is 1.48 bits per heavy atom. The van der Waals surface area contributed by atoms with E-state index in [1.807, 2.05) is 29.2 Å². The Morgan fingerprint density at radius 3 is 2.12 bits per heavy atom. The second-order valence-corrected chi connectivity index (χ2v) is 8.79. The van der Waals surface area contributed by atoms with Crippen LogP contribution in [-0.2, 0) is 6.54 Å². The molecule has 0 radical (unpaired) electrons. The number of aromatic nitrogens is 6. The van der Waals surface area contributed by atoms with Crippen LogP contribution in [0.2, 0.25) is 10.0 Å². The van der Waals surface area contributed by atoms with Gasteiger partial charge < -0.3 is 4.90 Å². The average Bonchev–Trinajstić information content (AvgIpc) is 3.50. The maximum absolute atomic E-state index is 12.9. The number of nitrogens with zero attached hydrogens (tertiary/aromatic N) is 7. The van der Waals surface area contributed by atoms with E-state index in [2.05, 4.69) is 25.0 Å². The minimum atomic E-state index is 0.0229. The molecule has 1 amide bonds. The molecule has 1 saturated heterocycles. The average molecular weight is 482 g/mol. The van der Waals surface area contributed by atoms with Crippen LogP contribution in [0.5, 0.6) is 0 Å². The predicted octanol–water partition coefficient (Wildman–Crippen LogP) is 4.23. The molecule has 0 bridgehead atoms. The molecule has 3 heterocycles. The SMILES string of the molecule is O=C(c1ccc(Cl)cc1)N1CCC(c2nnc(Cn3nccn3)n2-c2ccc(Cl)cc2)CC1. The summed E-state index contributed by atoms with van der Waals surface area (Å²) >= 11 is 12.1. The smallest absolute Gasteiger partial charge is 0.253 e. The highest BCUT2D eigenvalue weighted by Crippen LogP contribution is 2.30. The first-order chi connectivity index (χ1) is 16.1. The third kappa shape index (κ3) is 4.62. The first-order valence-corrected chi connectivity index (χ1v) is 11.4. The summed E-state index contributed by atoms with van der Waals surface area (Å²) in [7, 11) is 0. The molecule has 0 spiro atoms. The standard InChI is InChI=1S/C23H21Cl2N7O/c24-18-3-1-17(2-4-18)23(33)30-13-9-16(10-14-30)22-29-28-21(15-31-26-11-12-27-31)32(22)20-7-5-19(25)6-8-20/h1-8,11-12,16H,9-10,13-15H2. The van der Waals surface area contributed by atoms with Crippen LogP contribution in [-0.4, -0.2) is 53.7 Å². The molecule has 1 fully saturated rings. The number of rotatable bonds is 5. The molecule has 0 N–H and O–H groups in total. The molecular weight excluding hydrogens is 461 g/mol. The quantitative estimate of drug-likeness (QED) is 0.425. The molecule has 0 aliphatic carbocycles. The molecule has 10 heteroatoms. The molecule has 4 aromatic rings. The van der Waals surface area contributed by atoms with Gasteiger partial charge in [0.05, 0.1) is 12.4 Å². The van der Waals surface area contributed by atoms with Gasteiger partial charge in [0.15, 0.2) is 5.82 Å². The van der Waals surface area contributed by atoms with E-state index in [1.165, 1.54) is 0 Å². The van der Waals surface area contributed by atoms with E-state index in [1.54, 1.807) is 41.5 Å². The zero-order chi connectivity index (χ0) is 22.8. The topological polar surface area (TPSA) is 81.7 Å². The van der Waals surface area contributed by atoms with E-state index in [9.17, 15) is 4.79 Å². The molecule has 8 nitrogen and oxygen atoms in total. The first kappa shape index (κ1) is 21.6. The molecule has 2 aromatic heterocycles. The fourth-order valence-electron chi connectivity index (χ4n) is 4.14. The van der Waals surface area contributed by atoms with Crippen molar-refractivity contribution < 1.29 is 4.79 Å². The van der Waals surface area contributed by atoms with E-state index in [-0.39, 0.29) is 11.8 Å². The maximum atomic E-state index is 12.9. The number of benzene rings is 2. The van der Waals surface area contributed by atoms with Crippen LogP contribution in [0.3, 0.4) is 0 Å². The molecule has 33 heavy (non-hydrogen) atoms. The van der Waals surface area contributed by atoms with Gasteiger partial charge in [-0.25, -0.2) is 0 Å². The monoisotopic (exact) mass is 481 g/mol. The highest BCUT2D eigenvalue weighted by Gasteiger charge is 2.29. The van der Waals surface area contributed by atoms with Crippen molar-refractivity contribution >= 4 is 29.1 Å². The van der Waals surface area contributed by atoms with Crippen LogP contribution in [0, 0.1) is 0 Å². The Morgan fingerprint density at radius 1 is 0.879 bits per heavy atom. The summed E-state index contributed by atoms with van der Waals surface area (Å²) in [5, 5.41) is 18.7. The fraction of sp³-hybridized carbons (Fsp3) is 0.261. The molecule has 168 valence electrons. The number of hydrogen-bond acceptors (Lipinski definition) is 5. The van der Waals surface area contributed by atoms with Crippen molar-refractivity contribution in [1.29, 1.82) is 0 Å². The maximum Gasteiger partial charge on any atom is 0.253 e. The summed E-state index contributed by atoms with van der Waals surface area (Å²) in [6.07, 6.45) is 4.87. The number of carbonyl (C=O) groups is 1. The molecule has 1 aliphatic heterocycles. The lowest BCUT2D eigenvalue weighted by Gasteiger charge is -2.32. The van der Waals surface area contributed by atoms with Crippen molar-refractivity contribution in [3.8, 4) is 5.69 Å². The molecule has 1 aliphatic rings. The van der Waals surface area contributed by atoms with Crippen molar-refractivity contribution in [3.63, 3.8) is 0 Å². The van der Waals surface area contributed by atoms with E-state index < -0.39 is 0 Å². The van der Waals surface area contributed by atoms with E-state index in [4.69, 9.17) is 23.2 Å². The summed E-state index contributed by atoms with van der Waals surface area (Å²) in [5.74, 6) is 1.80. The van der Waals surface area contributed by atoms with Crippen LogP contribution >= 0.6 is 23.2 Å². The minimum Gasteiger partial charge on any atom is -0.339 e.